The molecule has 9 nitrogen and oxygen atoms in total. The molecule has 10 heteroatoms. The van der Waals surface area contributed by atoms with Crippen molar-refractivity contribution in [1.82, 2.24) is 10.3 Å². The first-order valence-corrected chi connectivity index (χ1v) is 11.3. The number of thioether (sulfide) groups is 1. The van der Waals surface area contributed by atoms with E-state index in [1.165, 1.54) is 6.20 Å². The van der Waals surface area contributed by atoms with Gasteiger partial charge in [-0.2, -0.15) is 0 Å². The minimum atomic E-state index is -0.654. The van der Waals surface area contributed by atoms with Gasteiger partial charge in [0.15, 0.2) is 18.1 Å². The maximum Gasteiger partial charge on any atom is 0.341 e. The number of hydrogen-bond donors (Lipinski definition) is 2. The molecule has 2 aliphatic rings. The number of nitrogens with zero attached hydrogens (tertiary/aromatic N) is 1. The van der Waals surface area contributed by atoms with E-state index < -0.39 is 5.97 Å². The highest BCUT2D eigenvalue weighted by Gasteiger charge is 2.20. The summed E-state index contributed by atoms with van der Waals surface area (Å²) >= 11 is 1.11. The van der Waals surface area contributed by atoms with Gasteiger partial charge in [0, 0.05) is 24.0 Å². The number of nitrogens with one attached hydrogen (secondary N) is 2. The second-order valence-corrected chi connectivity index (χ2v) is 8.35. The second kappa shape index (κ2) is 10.4. The molecule has 0 saturated heterocycles. The molecule has 1 fully saturated rings. The summed E-state index contributed by atoms with van der Waals surface area (Å²) in [7, 11) is 0. The number of fused-ring (bicyclic) bond motifs is 1. The maximum absolute atomic E-state index is 12.5. The average Bonchev–Trinajstić information content (AvgIpc) is 3.48. The molecular formula is C22H23N3O6S. The molecule has 168 valence electrons. The molecule has 1 aliphatic heterocycles. The molecule has 2 aromatic rings. The summed E-state index contributed by atoms with van der Waals surface area (Å²) in [6, 6.07) is 8.45. The van der Waals surface area contributed by atoms with Gasteiger partial charge in [-0.05, 0) is 37.1 Å². The summed E-state index contributed by atoms with van der Waals surface area (Å²) in [5.41, 5.74) is 0.788. The first-order chi connectivity index (χ1) is 15.6. The Balaban J connectivity index is 1.28. The summed E-state index contributed by atoms with van der Waals surface area (Å²) in [6.45, 7) is -0.192. The molecule has 1 aromatic heterocycles. The first kappa shape index (κ1) is 21.9. The zero-order valence-electron chi connectivity index (χ0n) is 17.3. The van der Waals surface area contributed by atoms with E-state index in [4.69, 9.17) is 14.2 Å². The van der Waals surface area contributed by atoms with Gasteiger partial charge in [0.2, 0.25) is 12.7 Å². The lowest BCUT2D eigenvalue weighted by Crippen LogP contribution is -2.35. The average molecular weight is 458 g/mol. The third-order valence-corrected chi connectivity index (χ3v) is 6.05. The van der Waals surface area contributed by atoms with E-state index in [9.17, 15) is 14.4 Å². The molecule has 2 amide bonds. The fourth-order valence-corrected chi connectivity index (χ4v) is 4.30. The fourth-order valence-electron chi connectivity index (χ4n) is 3.51. The predicted molar refractivity (Wildman–Crippen MR) is 117 cm³/mol. The lowest BCUT2D eigenvalue weighted by atomic mass is 10.2. The van der Waals surface area contributed by atoms with Crippen molar-refractivity contribution < 1.29 is 28.6 Å². The van der Waals surface area contributed by atoms with E-state index in [-0.39, 0.29) is 42.6 Å². The van der Waals surface area contributed by atoms with E-state index in [0.717, 1.165) is 37.4 Å². The van der Waals surface area contributed by atoms with E-state index >= 15 is 0 Å². The molecule has 1 aliphatic carbocycles. The van der Waals surface area contributed by atoms with Gasteiger partial charge in [-0.25, -0.2) is 9.78 Å². The van der Waals surface area contributed by atoms with Crippen molar-refractivity contribution in [2.75, 3.05) is 24.5 Å². The number of benzene rings is 1. The fraction of sp³-hybridized carbons (Fsp3) is 0.364. The topological polar surface area (TPSA) is 116 Å². The number of carbonyl (C=O) groups excluding carboxylic acids is 3. The number of pyridine rings is 1. The summed E-state index contributed by atoms with van der Waals surface area (Å²) in [6.07, 6.45) is 5.64. The number of amides is 2. The first-order valence-electron chi connectivity index (χ1n) is 10.3. The van der Waals surface area contributed by atoms with Gasteiger partial charge >= 0.3 is 5.97 Å². The molecule has 2 N–H and O–H groups in total. The summed E-state index contributed by atoms with van der Waals surface area (Å²) in [4.78, 5) is 41.0. The van der Waals surface area contributed by atoms with Gasteiger partial charge in [-0.3, -0.25) is 9.59 Å². The Labute approximate surface area is 189 Å². The normalized spacial score (nSPS) is 14.8. The van der Waals surface area contributed by atoms with Crippen LogP contribution in [0.5, 0.6) is 11.5 Å². The number of anilines is 1. The van der Waals surface area contributed by atoms with Crippen LogP contribution >= 0.6 is 11.8 Å². The largest absolute Gasteiger partial charge is 0.454 e. The maximum atomic E-state index is 12.5. The van der Waals surface area contributed by atoms with Crippen LogP contribution in [0.4, 0.5) is 5.69 Å². The Morgan fingerprint density at radius 1 is 1.09 bits per heavy atom. The molecule has 2 heterocycles. The van der Waals surface area contributed by atoms with Crippen LogP contribution in [-0.4, -0.2) is 48.0 Å². The highest BCUT2D eigenvalue weighted by Crippen LogP contribution is 2.34. The minimum absolute atomic E-state index is 0.0356. The van der Waals surface area contributed by atoms with Crippen LogP contribution < -0.4 is 20.1 Å². The number of ether oxygens (including phenoxy) is 3. The predicted octanol–water partition coefficient (Wildman–Crippen LogP) is 2.76. The smallest absolute Gasteiger partial charge is 0.341 e. The lowest BCUT2D eigenvalue weighted by molar-refractivity contribution is -0.124. The number of aromatic nitrogens is 1. The molecule has 1 aromatic carbocycles. The molecule has 4 rings (SSSR count). The van der Waals surface area contributed by atoms with E-state index in [0.29, 0.717) is 22.2 Å². The zero-order chi connectivity index (χ0) is 22.3. The molecule has 0 radical (unpaired) electrons. The molecule has 32 heavy (non-hydrogen) atoms. The van der Waals surface area contributed by atoms with Crippen LogP contribution in [0.25, 0.3) is 0 Å². The highest BCUT2D eigenvalue weighted by atomic mass is 32.2. The van der Waals surface area contributed by atoms with Gasteiger partial charge in [-0.15, -0.1) is 0 Å². The Morgan fingerprint density at radius 3 is 2.75 bits per heavy atom. The van der Waals surface area contributed by atoms with E-state index in [2.05, 4.69) is 15.6 Å². The van der Waals surface area contributed by atoms with Gasteiger partial charge in [0.25, 0.3) is 5.91 Å². The summed E-state index contributed by atoms with van der Waals surface area (Å²) in [5.74, 6) is 0.00107. The van der Waals surface area contributed by atoms with Crippen LogP contribution in [0, 0.1) is 0 Å². The third-order valence-electron chi connectivity index (χ3n) is 5.04. The Morgan fingerprint density at radius 2 is 1.91 bits per heavy atom. The van der Waals surface area contributed by atoms with Gasteiger partial charge < -0.3 is 24.8 Å². The van der Waals surface area contributed by atoms with Crippen molar-refractivity contribution in [2.45, 2.75) is 36.8 Å². The van der Waals surface area contributed by atoms with E-state index in [1.807, 2.05) is 0 Å². The number of esters is 1. The Hall–Kier alpha value is -3.27. The minimum Gasteiger partial charge on any atom is -0.454 e. The number of carbonyl (C=O) groups is 3. The summed E-state index contributed by atoms with van der Waals surface area (Å²) in [5, 5.41) is 6.00. The molecule has 0 spiro atoms. The van der Waals surface area contributed by atoms with Crippen LogP contribution in [0.2, 0.25) is 0 Å². The van der Waals surface area contributed by atoms with Crippen molar-refractivity contribution in [2.24, 2.45) is 0 Å². The molecule has 0 atom stereocenters. The van der Waals surface area contributed by atoms with Gasteiger partial charge in [0.1, 0.15) is 5.03 Å². The zero-order valence-corrected chi connectivity index (χ0v) is 18.1. The van der Waals surface area contributed by atoms with Crippen molar-refractivity contribution in [3.63, 3.8) is 0 Å². The van der Waals surface area contributed by atoms with E-state index in [1.54, 1.807) is 30.3 Å². The Bertz CT molecular complexity index is 1010. The van der Waals surface area contributed by atoms with Crippen LogP contribution in [-0.2, 0) is 14.3 Å². The lowest BCUT2D eigenvalue weighted by Gasteiger charge is -2.12. The number of rotatable bonds is 8. The molecule has 0 unspecified atom stereocenters. The van der Waals surface area contributed by atoms with Crippen molar-refractivity contribution in [3.8, 4) is 11.5 Å². The van der Waals surface area contributed by atoms with Gasteiger partial charge in [-0.1, -0.05) is 24.6 Å². The quantitative estimate of drug-likeness (QED) is 0.459. The SMILES string of the molecule is O=C(CSc1ncccc1C(=O)OCC(=O)NC1CCCC1)Nc1ccc2c(c1)OCO2. The highest BCUT2D eigenvalue weighted by molar-refractivity contribution is 8.00. The standard InChI is InChI=1S/C22H23N3O6S/c26-19(24-14-4-1-2-5-14)11-29-22(28)16-6-3-9-23-21(16)32-12-20(27)25-15-7-8-17-18(10-15)31-13-30-17/h3,6-10,14H,1-2,4-5,11-13H2,(H,24,26)(H,25,27). The number of hydrogen-bond acceptors (Lipinski definition) is 8. The third kappa shape index (κ3) is 5.70. The molecule has 1 saturated carbocycles. The van der Waals surface area contributed by atoms with Crippen molar-refractivity contribution in [1.29, 1.82) is 0 Å². The van der Waals surface area contributed by atoms with Crippen molar-refractivity contribution in [3.05, 3.63) is 42.1 Å². The molecular weight excluding hydrogens is 434 g/mol. The van der Waals surface area contributed by atoms with Crippen molar-refractivity contribution >= 4 is 35.2 Å². The summed E-state index contributed by atoms with van der Waals surface area (Å²) < 4.78 is 15.7. The monoisotopic (exact) mass is 457 g/mol. The van der Waals surface area contributed by atoms with Crippen LogP contribution in [0.1, 0.15) is 36.0 Å². The van der Waals surface area contributed by atoms with Crippen LogP contribution in [0.15, 0.2) is 41.6 Å². The molecule has 0 bridgehead atoms. The Kier molecular flexibility index (Phi) is 7.10. The van der Waals surface area contributed by atoms with Crippen LogP contribution in [0.3, 0.4) is 0 Å². The second-order valence-electron chi connectivity index (χ2n) is 7.39. The van der Waals surface area contributed by atoms with Gasteiger partial charge in [0.05, 0.1) is 11.3 Å².